The van der Waals surface area contributed by atoms with E-state index in [-0.39, 0.29) is 12.0 Å². The van der Waals surface area contributed by atoms with Gasteiger partial charge in [-0.2, -0.15) is 0 Å². The van der Waals surface area contributed by atoms with Crippen molar-refractivity contribution in [1.29, 1.82) is 0 Å². The number of likely N-dealkylation sites (N-methyl/N-ethyl adjacent to an activating group) is 1. The summed E-state index contributed by atoms with van der Waals surface area (Å²) in [5.41, 5.74) is 2.43. The van der Waals surface area contributed by atoms with Gasteiger partial charge in [-0.25, -0.2) is 0 Å². The Kier molecular flexibility index (Phi) is 7.83. The second-order valence-electron chi connectivity index (χ2n) is 5.16. The summed E-state index contributed by atoms with van der Waals surface area (Å²) in [7, 11) is 2.00. The summed E-state index contributed by atoms with van der Waals surface area (Å²) in [6.07, 6.45) is 2.03. The predicted octanol–water partition coefficient (Wildman–Crippen LogP) is 2.62. The summed E-state index contributed by atoms with van der Waals surface area (Å²) in [5, 5.41) is 3.26. The largest absolute Gasteiger partial charge is 0.465 e. The number of aryl methyl sites for hydroxylation is 1. The molecule has 0 fully saturated rings. The Labute approximate surface area is 128 Å². The molecule has 4 nitrogen and oxygen atoms in total. The summed E-state index contributed by atoms with van der Waals surface area (Å²) >= 11 is 0. The lowest BCUT2D eigenvalue weighted by Gasteiger charge is -2.25. The molecule has 0 spiro atoms. The fraction of sp³-hybridized carbons (Fsp3) is 0.588. The van der Waals surface area contributed by atoms with Gasteiger partial charge in [0.2, 0.25) is 0 Å². The highest BCUT2D eigenvalue weighted by atomic mass is 16.5. The van der Waals surface area contributed by atoms with Gasteiger partial charge in [-0.15, -0.1) is 0 Å². The highest BCUT2D eigenvalue weighted by Crippen LogP contribution is 2.14. The number of nitrogens with zero attached hydrogens (tertiary/aromatic N) is 1. The molecule has 0 saturated heterocycles. The molecule has 21 heavy (non-hydrogen) atoms. The zero-order valence-corrected chi connectivity index (χ0v) is 13.7. The highest BCUT2D eigenvalue weighted by molar-refractivity contribution is 5.76. The van der Waals surface area contributed by atoms with Crippen molar-refractivity contribution >= 4 is 11.7 Å². The van der Waals surface area contributed by atoms with E-state index in [4.69, 9.17) is 4.74 Å². The van der Waals surface area contributed by atoms with Crippen LogP contribution in [0.4, 0.5) is 5.69 Å². The van der Waals surface area contributed by atoms with Gasteiger partial charge in [0.15, 0.2) is 0 Å². The molecule has 1 aromatic rings. The number of carbonyl (C=O) groups excluding carboxylic acids is 1. The minimum Gasteiger partial charge on any atom is -0.465 e. The van der Waals surface area contributed by atoms with Crippen molar-refractivity contribution in [2.75, 3.05) is 31.6 Å². The molecular weight excluding hydrogens is 264 g/mol. The van der Waals surface area contributed by atoms with Crippen LogP contribution in [0.15, 0.2) is 24.3 Å². The van der Waals surface area contributed by atoms with Crippen molar-refractivity contribution in [2.24, 2.45) is 0 Å². The summed E-state index contributed by atoms with van der Waals surface area (Å²) in [4.78, 5) is 14.1. The zero-order valence-electron chi connectivity index (χ0n) is 13.7. The third-order valence-corrected chi connectivity index (χ3v) is 3.45. The van der Waals surface area contributed by atoms with Crippen molar-refractivity contribution in [3.63, 3.8) is 0 Å². The molecule has 0 heterocycles. The second kappa shape index (κ2) is 9.40. The average Bonchev–Trinajstić information content (AvgIpc) is 2.51. The smallest absolute Gasteiger partial charge is 0.324 e. The Morgan fingerprint density at radius 3 is 2.43 bits per heavy atom. The Balaban J connectivity index is 2.68. The third-order valence-electron chi connectivity index (χ3n) is 3.45. The number of rotatable bonds is 9. The maximum absolute atomic E-state index is 12.0. The first-order chi connectivity index (χ1) is 10.1. The Bertz CT molecular complexity index is 417. The number of carbonyl (C=O) groups is 1. The van der Waals surface area contributed by atoms with Crippen LogP contribution < -0.4 is 10.2 Å². The number of nitrogens with one attached hydrogen (secondary N) is 1. The molecule has 1 N–H and O–H groups in total. The molecular formula is C17H28N2O2. The van der Waals surface area contributed by atoms with E-state index in [1.165, 1.54) is 5.56 Å². The zero-order chi connectivity index (χ0) is 15.7. The quantitative estimate of drug-likeness (QED) is 0.710. The fourth-order valence-electron chi connectivity index (χ4n) is 2.15. The van der Waals surface area contributed by atoms with Crippen LogP contribution in [0.1, 0.15) is 32.8 Å². The fourth-order valence-corrected chi connectivity index (χ4v) is 2.15. The molecule has 118 valence electrons. The molecule has 1 rings (SSSR count). The van der Waals surface area contributed by atoms with Crippen LogP contribution in [0.3, 0.4) is 0 Å². The van der Waals surface area contributed by atoms with E-state index in [1.807, 2.05) is 14.0 Å². The second-order valence-corrected chi connectivity index (χ2v) is 5.16. The van der Waals surface area contributed by atoms with E-state index in [2.05, 4.69) is 48.3 Å². The lowest BCUT2D eigenvalue weighted by molar-refractivity contribution is -0.145. The minimum absolute atomic E-state index is 0.178. The van der Waals surface area contributed by atoms with Crippen LogP contribution in [0.2, 0.25) is 0 Å². The van der Waals surface area contributed by atoms with E-state index in [0.29, 0.717) is 13.2 Å². The van der Waals surface area contributed by atoms with Crippen LogP contribution in [-0.4, -0.2) is 38.8 Å². The average molecular weight is 292 g/mol. The molecule has 4 heteroatoms. The topological polar surface area (TPSA) is 41.6 Å². The summed E-state index contributed by atoms with van der Waals surface area (Å²) in [6, 6.07) is 8.16. The molecule has 0 saturated carbocycles. The van der Waals surface area contributed by atoms with Crippen LogP contribution >= 0.6 is 0 Å². The minimum atomic E-state index is -0.291. The number of ether oxygens (including phenoxy) is 1. The van der Waals surface area contributed by atoms with Crippen molar-refractivity contribution < 1.29 is 9.53 Å². The SMILES string of the molecule is CCCNC(CN(C)c1ccc(CC)cc1)C(=O)OCC. The maximum Gasteiger partial charge on any atom is 0.324 e. The van der Waals surface area contributed by atoms with Crippen LogP contribution in [0.5, 0.6) is 0 Å². The molecule has 0 bridgehead atoms. The predicted molar refractivity (Wildman–Crippen MR) is 87.8 cm³/mol. The van der Waals surface area contributed by atoms with E-state index in [1.54, 1.807) is 0 Å². The van der Waals surface area contributed by atoms with Gasteiger partial charge >= 0.3 is 5.97 Å². The van der Waals surface area contributed by atoms with Gasteiger partial charge in [0.05, 0.1) is 6.61 Å². The molecule has 1 atom stereocenters. The van der Waals surface area contributed by atoms with Gasteiger partial charge in [-0.3, -0.25) is 4.79 Å². The number of anilines is 1. The summed E-state index contributed by atoms with van der Waals surface area (Å²) in [5.74, 6) is -0.178. The van der Waals surface area contributed by atoms with Gasteiger partial charge in [-0.05, 0) is 44.0 Å². The van der Waals surface area contributed by atoms with Crippen molar-refractivity contribution in [3.8, 4) is 0 Å². The Morgan fingerprint density at radius 2 is 1.90 bits per heavy atom. The van der Waals surface area contributed by atoms with Crippen LogP contribution in [0, 0.1) is 0 Å². The van der Waals surface area contributed by atoms with E-state index >= 15 is 0 Å². The standard InChI is InChI=1S/C17H28N2O2/c1-5-12-18-16(17(20)21-7-3)13-19(4)15-10-8-14(6-2)9-11-15/h8-11,16,18H,5-7,12-13H2,1-4H3. The molecule has 0 aliphatic rings. The molecule has 0 aliphatic carbocycles. The van der Waals surface area contributed by atoms with Crippen LogP contribution in [-0.2, 0) is 16.0 Å². The number of benzene rings is 1. The van der Waals surface area contributed by atoms with Crippen molar-refractivity contribution in [2.45, 2.75) is 39.7 Å². The number of esters is 1. The third kappa shape index (κ3) is 5.76. The number of hydrogen-bond donors (Lipinski definition) is 1. The summed E-state index contributed by atoms with van der Waals surface area (Å²) < 4.78 is 5.15. The van der Waals surface area contributed by atoms with Crippen molar-refractivity contribution in [1.82, 2.24) is 5.32 Å². The number of hydrogen-bond acceptors (Lipinski definition) is 4. The first-order valence-corrected chi connectivity index (χ1v) is 7.82. The van der Waals surface area contributed by atoms with Crippen LogP contribution in [0.25, 0.3) is 0 Å². The lowest BCUT2D eigenvalue weighted by Crippen LogP contribution is -2.46. The lowest BCUT2D eigenvalue weighted by atomic mass is 10.1. The van der Waals surface area contributed by atoms with Gasteiger partial charge in [-0.1, -0.05) is 26.0 Å². The molecule has 0 aliphatic heterocycles. The van der Waals surface area contributed by atoms with Gasteiger partial charge in [0.25, 0.3) is 0 Å². The Morgan fingerprint density at radius 1 is 1.24 bits per heavy atom. The van der Waals surface area contributed by atoms with E-state index in [9.17, 15) is 4.79 Å². The van der Waals surface area contributed by atoms with E-state index < -0.39 is 0 Å². The molecule has 1 unspecified atom stereocenters. The van der Waals surface area contributed by atoms with E-state index in [0.717, 1.165) is 25.1 Å². The summed E-state index contributed by atoms with van der Waals surface area (Å²) in [6.45, 7) is 7.89. The van der Waals surface area contributed by atoms with Crippen molar-refractivity contribution in [3.05, 3.63) is 29.8 Å². The highest BCUT2D eigenvalue weighted by Gasteiger charge is 2.20. The first kappa shape index (κ1) is 17.5. The van der Waals surface area contributed by atoms with Gasteiger partial charge in [0, 0.05) is 19.3 Å². The van der Waals surface area contributed by atoms with Gasteiger partial charge in [0.1, 0.15) is 6.04 Å². The monoisotopic (exact) mass is 292 g/mol. The normalized spacial score (nSPS) is 12.0. The first-order valence-electron chi connectivity index (χ1n) is 7.82. The Hall–Kier alpha value is -1.55. The molecule has 1 aromatic carbocycles. The molecule has 0 radical (unpaired) electrons. The maximum atomic E-state index is 12.0. The molecule has 0 amide bonds. The molecule has 0 aromatic heterocycles. The van der Waals surface area contributed by atoms with Gasteiger partial charge < -0.3 is 15.0 Å².